The molecule has 0 atom stereocenters. The Morgan fingerprint density at radius 3 is 0.903 bits per heavy atom. The summed E-state index contributed by atoms with van der Waals surface area (Å²) in [7, 11) is 0. The summed E-state index contributed by atoms with van der Waals surface area (Å²) < 4.78 is 0. The molecule has 11 heteroatoms. The van der Waals surface area contributed by atoms with Crippen LogP contribution in [0.4, 0.5) is 0 Å². The predicted molar refractivity (Wildman–Crippen MR) is 111 cm³/mol. The van der Waals surface area contributed by atoms with Gasteiger partial charge in [0, 0.05) is 43.2 Å². The summed E-state index contributed by atoms with van der Waals surface area (Å²) in [6.45, 7) is 14.3. The molecule has 2 heterocycles. The molecule has 2 fully saturated rings. The number of carbonyl (C=O) groups is 2. The van der Waals surface area contributed by atoms with E-state index in [1.807, 2.05) is 0 Å². The maximum absolute atomic E-state index is 11.1. The van der Waals surface area contributed by atoms with Crippen molar-refractivity contribution in [1.82, 2.24) is 10.1 Å². The molecule has 0 aromatic carbocycles. The van der Waals surface area contributed by atoms with Gasteiger partial charge in [-0.05, 0) is 81.1 Å². The first kappa shape index (κ1) is 30.4. The van der Waals surface area contributed by atoms with Crippen LogP contribution in [0.5, 0.6) is 0 Å². The molecule has 0 aliphatic carbocycles. The Balaban J connectivity index is 0.000000562. The predicted octanol–water partition coefficient (Wildman–Crippen LogP) is 1.62. The van der Waals surface area contributed by atoms with Crippen molar-refractivity contribution in [2.75, 3.05) is 0 Å². The molecule has 0 aromatic heterocycles. The third kappa shape index (κ3) is 6.25. The Morgan fingerprint density at radius 1 is 0.613 bits per heavy atom. The molecule has 8 N–H and O–H groups in total. The molecule has 0 amide bonds. The van der Waals surface area contributed by atoms with Crippen molar-refractivity contribution >= 4 is 11.9 Å². The van der Waals surface area contributed by atoms with Crippen LogP contribution in [-0.4, -0.2) is 75.9 Å². The summed E-state index contributed by atoms with van der Waals surface area (Å²) in [5.41, 5.74) is 6.72. The van der Waals surface area contributed by atoms with Crippen molar-refractivity contribution < 1.29 is 51.3 Å². The van der Waals surface area contributed by atoms with Crippen LogP contribution in [-0.2, 0) is 30.7 Å². The van der Waals surface area contributed by atoms with Crippen LogP contribution in [0.15, 0.2) is 0 Å². The molecule has 2 aliphatic rings. The second-order valence-electron chi connectivity index (χ2n) is 11.5. The maximum Gasteiger partial charge on any atom is 0.323 e. The second-order valence-corrected chi connectivity index (χ2v) is 11.5. The number of carboxylic acid groups (broad SMARTS) is 2. The van der Waals surface area contributed by atoms with Gasteiger partial charge in [-0.3, -0.25) is 9.59 Å². The van der Waals surface area contributed by atoms with Crippen molar-refractivity contribution in [3.05, 3.63) is 0 Å². The first-order chi connectivity index (χ1) is 13.0. The molecule has 0 unspecified atom stereocenters. The number of carboxylic acids is 2. The summed E-state index contributed by atoms with van der Waals surface area (Å²) in [4.78, 5) is 22.3. The van der Waals surface area contributed by atoms with E-state index in [1.54, 1.807) is 55.4 Å². The monoisotopic (exact) mass is 627 g/mol. The van der Waals surface area contributed by atoms with Gasteiger partial charge in [0.05, 0.1) is 0 Å². The van der Waals surface area contributed by atoms with Crippen LogP contribution < -0.4 is 11.5 Å². The Labute approximate surface area is 199 Å². The zero-order chi connectivity index (χ0) is 24.1. The molecule has 186 valence electrons. The summed E-state index contributed by atoms with van der Waals surface area (Å²) in [5, 5.41) is 40.6. The molecule has 10 nitrogen and oxygen atoms in total. The maximum atomic E-state index is 11.1. The van der Waals surface area contributed by atoms with Gasteiger partial charge in [0.25, 0.3) is 0 Å². The Kier molecular flexibility index (Phi) is 8.79. The molecular weight excluding hydrogens is 587 g/mol. The molecule has 31 heavy (non-hydrogen) atoms. The normalized spacial score (nSPS) is 27.7. The summed E-state index contributed by atoms with van der Waals surface area (Å²) >= 11 is 0. The molecule has 0 aromatic rings. The molecule has 2 aliphatic heterocycles. The van der Waals surface area contributed by atoms with Crippen LogP contribution in [0.3, 0.4) is 0 Å². The number of hydroxylamine groups is 4. The van der Waals surface area contributed by atoms with Gasteiger partial charge in [0.15, 0.2) is 0 Å². The second kappa shape index (κ2) is 8.97. The molecule has 0 saturated carbocycles. The van der Waals surface area contributed by atoms with Gasteiger partial charge in [0.2, 0.25) is 0 Å². The largest absolute Gasteiger partial charge is 0.480 e. The standard InChI is InChI=1S/2C10H20N2O3.Pt/c2*1-8(2)5-10(11,7(13)14)6-9(3,4)12(8)15;/h2*15H,5-6,11H2,1-4H3,(H,13,14);. The fourth-order valence-corrected chi connectivity index (χ4v) is 5.45. The topological polar surface area (TPSA) is 174 Å². The molecule has 2 rings (SSSR count). The number of hydrogen-bond donors (Lipinski definition) is 6. The average Bonchev–Trinajstić information content (AvgIpc) is 2.49. The fourth-order valence-electron chi connectivity index (χ4n) is 5.45. The zero-order valence-corrected chi connectivity index (χ0v) is 22.1. The number of piperidine rings is 2. The minimum Gasteiger partial charge on any atom is -0.480 e. The SMILES string of the molecule is CC1(C)CC(N)(C(=O)O)CC(C)(C)N1O.CC1(C)CC(N)(C(=O)O)CC(C)(C)N1O.[Pt]. The van der Waals surface area contributed by atoms with Crippen molar-refractivity contribution in [2.45, 2.75) is 114 Å². The zero-order valence-electron chi connectivity index (χ0n) is 19.8. The van der Waals surface area contributed by atoms with E-state index in [4.69, 9.17) is 21.7 Å². The van der Waals surface area contributed by atoms with Crippen LogP contribution >= 0.6 is 0 Å². The van der Waals surface area contributed by atoms with Crippen molar-refractivity contribution in [3.8, 4) is 0 Å². The van der Waals surface area contributed by atoms with E-state index in [0.717, 1.165) is 0 Å². The van der Waals surface area contributed by atoms with E-state index in [1.165, 1.54) is 10.1 Å². The molecule has 2 saturated heterocycles. The van der Waals surface area contributed by atoms with E-state index in [2.05, 4.69) is 0 Å². The Bertz CT molecular complexity index is 601. The van der Waals surface area contributed by atoms with E-state index in [0.29, 0.717) is 0 Å². The Hall–Kier alpha value is -0.612. The average molecular weight is 628 g/mol. The van der Waals surface area contributed by atoms with Crippen LogP contribution in [0.25, 0.3) is 0 Å². The van der Waals surface area contributed by atoms with Gasteiger partial charge in [-0.2, -0.15) is 10.1 Å². The number of aliphatic carboxylic acids is 2. The van der Waals surface area contributed by atoms with E-state index >= 15 is 0 Å². The van der Waals surface area contributed by atoms with E-state index in [-0.39, 0.29) is 46.7 Å². The summed E-state index contributed by atoms with van der Waals surface area (Å²) in [6.07, 6.45) is 0.926. The van der Waals surface area contributed by atoms with Gasteiger partial charge < -0.3 is 32.1 Å². The van der Waals surface area contributed by atoms with Crippen LogP contribution in [0.1, 0.15) is 81.1 Å². The molecule has 0 spiro atoms. The quantitative estimate of drug-likeness (QED) is 0.264. The van der Waals surface area contributed by atoms with E-state index in [9.17, 15) is 20.0 Å². The smallest absolute Gasteiger partial charge is 0.323 e. The first-order valence-electron chi connectivity index (χ1n) is 10.1. The van der Waals surface area contributed by atoms with Crippen LogP contribution in [0, 0.1) is 0 Å². The Morgan fingerprint density at radius 2 is 0.774 bits per heavy atom. The number of rotatable bonds is 2. The van der Waals surface area contributed by atoms with Gasteiger partial charge in [0.1, 0.15) is 11.1 Å². The minimum atomic E-state index is -1.26. The third-order valence-corrected chi connectivity index (χ3v) is 6.14. The number of nitrogens with two attached hydrogens (primary N) is 2. The van der Waals surface area contributed by atoms with Crippen LogP contribution in [0.2, 0.25) is 0 Å². The van der Waals surface area contributed by atoms with Crippen molar-refractivity contribution in [1.29, 1.82) is 0 Å². The van der Waals surface area contributed by atoms with Crippen molar-refractivity contribution in [3.63, 3.8) is 0 Å². The number of hydrogen-bond acceptors (Lipinski definition) is 8. The fraction of sp³-hybridized carbons (Fsp3) is 0.900. The van der Waals surface area contributed by atoms with Gasteiger partial charge in [-0.1, -0.05) is 0 Å². The van der Waals surface area contributed by atoms with Crippen molar-refractivity contribution in [2.24, 2.45) is 11.5 Å². The summed E-state index contributed by atoms with van der Waals surface area (Å²) in [6, 6.07) is 0. The molecular formula is C20H40N4O6Pt. The third-order valence-electron chi connectivity index (χ3n) is 6.14. The van der Waals surface area contributed by atoms with Gasteiger partial charge in [-0.15, -0.1) is 0 Å². The minimum absolute atomic E-state index is 0. The summed E-state index contributed by atoms with van der Waals surface area (Å²) in [5.74, 6) is -2.01. The number of nitrogens with zero attached hydrogens (tertiary/aromatic N) is 2. The van der Waals surface area contributed by atoms with Gasteiger partial charge in [-0.25, -0.2) is 0 Å². The molecule has 0 bridgehead atoms. The van der Waals surface area contributed by atoms with Gasteiger partial charge >= 0.3 is 11.9 Å². The molecule has 0 radical (unpaired) electrons. The van der Waals surface area contributed by atoms with E-state index < -0.39 is 45.2 Å². The first-order valence-corrected chi connectivity index (χ1v) is 10.1.